The number of nitrogens with zero attached hydrogens (tertiary/aromatic N) is 1. The van der Waals surface area contributed by atoms with Gasteiger partial charge in [-0.05, 0) is 37.9 Å². The first kappa shape index (κ1) is 14.1. The number of carbonyl (C=O) groups is 1. The van der Waals surface area contributed by atoms with Gasteiger partial charge in [-0.25, -0.2) is 0 Å². The molecule has 0 unspecified atom stereocenters. The Hall–Kier alpha value is -1.35. The van der Waals surface area contributed by atoms with Crippen molar-refractivity contribution in [2.24, 2.45) is 0 Å². The molecular weight excluding hydrogens is 236 g/mol. The Labute approximate surface area is 116 Å². The van der Waals surface area contributed by atoms with E-state index in [9.17, 15) is 4.79 Å². The molecule has 1 aromatic rings. The number of likely N-dealkylation sites (tertiary alicyclic amines) is 1. The molecule has 2 rings (SSSR count). The fraction of sp³-hybridized carbons (Fsp3) is 0.562. The summed E-state index contributed by atoms with van der Waals surface area (Å²) in [6.45, 7) is 3.45. The van der Waals surface area contributed by atoms with Crippen LogP contribution in [0.25, 0.3) is 0 Å². The molecule has 0 saturated carbocycles. The van der Waals surface area contributed by atoms with E-state index in [1.165, 1.54) is 31.2 Å². The molecule has 0 spiro atoms. The molecule has 1 fully saturated rings. The summed E-state index contributed by atoms with van der Waals surface area (Å²) in [6, 6.07) is 10.3. The van der Waals surface area contributed by atoms with E-state index in [4.69, 9.17) is 0 Å². The number of hydrogen-bond donors (Lipinski definition) is 1. The van der Waals surface area contributed by atoms with Crippen molar-refractivity contribution in [1.82, 2.24) is 10.2 Å². The highest BCUT2D eigenvalue weighted by atomic mass is 16.2. The fourth-order valence-electron chi connectivity index (χ4n) is 2.54. The Morgan fingerprint density at radius 1 is 1.05 bits per heavy atom. The lowest BCUT2D eigenvalue weighted by Gasteiger charge is -2.18. The molecule has 1 aliphatic rings. The van der Waals surface area contributed by atoms with Crippen molar-refractivity contribution in [3.63, 3.8) is 0 Å². The zero-order chi connectivity index (χ0) is 13.3. The van der Waals surface area contributed by atoms with E-state index in [2.05, 4.69) is 22.3 Å². The minimum Gasteiger partial charge on any atom is -0.355 e. The van der Waals surface area contributed by atoms with Gasteiger partial charge in [0.1, 0.15) is 0 Å². The average Bonchev–Trinajstić information content (AvgIpc) is 2.68. The Kier molecular flexibility index (Phi) is 5.89. The molecule has 19 heavy (non-hydrogen) atoms. The number of rotatable bonds is 5. The molecule has 0 atom stereocenters. The van der Waals surface area contributed by atoms with Gasteiger partial charge in [-0.1, -0.05) is 43.2 Å². The van der Waals surface area contributed by atoms with Crippen LogP contribution in [0.4, 0.5) is 0 Å². The second kappa shape index (κ2) is 7.95. The molecule has 0 aliphatic carbocycles. The van der Waals surface area contributed by atoms with Crippen molar-refractivity contribution in [1.29, 1.82) is 0 Å². The smallest absolute Gasteiger partial charge is 0.234 e. The number of nitrogens with one attached hydrogen (secondary N) is 1. The molecule has 3 heteroatoms. The van der Waals surface area contributed by atoms with Gasteiger partial charge in [0.15, 0.2) is 0 Å². The predicted octanol–water partition coefficient (Wildman–Crippen LogP) is 2.22. The van der Waals surface area contributed by atoms with Gasteiger partial charge in [0.2, 0.25) is 5.91 Å². The molecule has 1 aromatic carbocycles. The third kappa shape index (κ3) is 5.43. The van der Waals surface area contributed by atoms with Crippen molar-refractivity contribution in [2.45, 2.75) is 32.1 Å². The molecule has 104 valence electrons. The van der Waals surface area contributed by atoms with E-state index in [-0.39, 0.29) is 5.91 Å². The van der Waals surface area contributed by atoms with E-state index in [0.717, 1.165) is 26.1 Å². The van der Waals surface area contributed by atoms with Crippen molar-refractivity contribution in [3.8, 4) is 0 Å². The first-order chi connectivity index (χ1) is 9.34. The van der Waals surface area contributed by atoms with Crippen molar-refractivity contribution >= 4 is 5.91 Å². The third-order valence-electron chi connectivity index (χ3n) is 3.64. The molecule has 0 bridgehead atoms. The summed E-state index contributed by atoms with van der Waals surface area (Å²) in [5.74, 6) is 0.165. The lowest BCUT2D eigenvalue weighted by Crippen LogP contribution is -2.38. The third-order valence-corrected chi connectivity index (χ3v) is 3.64. The van der Waals surface area contributed by atoms with Crippen LogP contribution in [0.2, 0.25) is 0 Å². The van der Waals surface area contributed by atoms with Gasteiger partial charge in [-0.2, -0.15) is 0 Å². The number of amides is 1. The Morgan fingerprint density at radius 2 is 1.74 bits per heavy atom. The molecule has 1 N–H and O–H groups in total. The number of carbonyl (C=O) groups excluding carboxylic acids is 1. The van der Waals surface area contributed by atoms with Crippen molar-refractivity contribution < 1.29 is 4.79 Å². The van der Waals surface area contributed by atoms with Crippen molar-refractivity contribution in [2.75, 3.05) is 26.2 Å². The van der Waals surface area contributed by atoms with Crippen LogP contribution < -0.4 is 5.32 Å². The van der Waals surface area contributed by atoms with Crippen LogP contribution in [0.3, 0.4) is 0 Å². The van der Waals surface area contributed by atoms with Crippen LogP contribution in [0, 0.1) is 0 Å². The van der Waals surface area contributed by atoms with E-state index in [0.29, 0.717) is 6.54 Å². The highest BCUT2D eigenvalue weighted by Gasteiger charge is 2.12. The summed E-state index contributed by atoms with van der Waals surface area (Å²) in [4.78, 5) is 14.1. The Bertz CT molecular complexity index is 370. The predicted molar refractivity (Wildman–Crippen MR) is 78.1 cm³/mol. The molecule has 1 amide bonds. The normalized spacial score (nSPS) is 16.8. The Balaban J connectivity index is 1.64. The van der Waals surface area contributed by atoms with Gasteiger partial charge in [0.05, 0.1) is 6.54 Å². The summed E-state index contributed by atoms with van der Waals surface area (Å²) >= 11 is 0. The summed E-state index contributed by atoms with van der Waals surface area (Å²) in [7, 11) is 0. The standard InChI is InChI=1S/C16H24N2O/c19-16(14-18-12-6-1-2-7-13-18)17-11-10-15-8-4-3-5-9-15/h3-5,8-9H,1-2,6-7,10-14H2,(H,17,19). The quantitative estimate of drug-likeness (QED) is 0.880. The summed E-state index contributed by atoms with van der Waals surface area (Å²) in [6.07, 6.45) is 6.00. The van der Waals surface area contributed by atoms with E-state index in [1.807, 2.05) is 18.2 Å². The van der Waals surface area contributed by atoms with Gasteiger partial charge in [-0.3, -0.25) is 9.69 Å². The fourth-order valence-corrected chi connectivity index (χ4v) is 2.54. The topological polar surface area (TPSA) is 32.3 Å². The monoisotopic (exact) mass is 260 g/mol. The lowest BCUT2D eigenvalue weighted by atomic mass is 10.1. The van der Waals surface area contributed by atoms with Crippen LogP contribution in [0.5, 0.6) is 0 Å². The van der Waals surface area contributed by atoms with Crippen LogP contribution >= 0.6 is 0 Å². The molecule has 1 saturated heterocycles. The lowest BCUT2D eigenvalue weighted by molar-refractivity contribution is -0.122. The minimum absolute atomic E-state index is 0.165. The van der Waals surface area contributed by atoms with Crippen LogP contribution in [-0.2, 0) is 11.2 Å². The molecule has 0 radical (unpaired) electrons. The molecular formula is C16H24N2O. The minimum atomic E-state index is 0.165. The van der Waals surface area contributed by atoms with E-state index < -0.39 is 0 Å². The summed E-state index contributed by atoms with van der Waals surface area (Å²) in [5.41, 5.74) is 1.28. The molecule has 1 heterocycles. The van der Waals surface area contributed by atoms with Gasteiger partial charge in [-0.15, -0.1) is 0 Å². The number of hydrogen-bond acceptors (Lipinski definition) is 2. The highest BCUT2D eigenvalue weighted by Crippen LogP contribution is 2.08. The van der Waals surface area contributed by atoms with Gasteiger partial charge in [0.25, 0.3) is 0 Å². The first-order valence-electron chi connectivity index (χ1n) is 7.37. The summed E-state index contributed by atoms with van der Waals surface area (Å²) in [5, 5.41) is 3.02. The highest BCUT2D eigenvalue weighted by molar-refractivity contribution is 5.78. The summed E-state index contributed by atoms with van der Waals surface area (Å²) < 4.78 is 0. The largest absolute Gasteiger partial charge is 0.355 e. The zero-order valence-electron chi connectivity index (χ0n) is 11.6. The average molecular weight is 260 g/mol. The maximum absolute atomic E-state index is 11.9. The van der Waals surface area contributed by atoms with E-state index in [1.54, 1.807) is 0 Å². The second-order valence-corrected chi connectivity index (χ2v) is 5.28. The van der Waals surface area contributed by atoms with Gasteiger partial charge in [0, 0.05) is 6.54 Å². The van der Waals surface area contributed by atoms with Crippen LogP contribution in [0.1, 0.15) is 31.2 Å². The molecule has 0 aromatic heterocycles. The molecule has 3 nitrogen and oxygen atoms in total. The Morgan fingerprint density at radius 3 is 2.42 bits per heavy atom. The number of benzene rings is 1. The van der Waals surface area contributed by atoms with Crippen LogP contribution in [-0.4, -0.2) is 37.0 Å². The molecule has 1 aliphatic heterocycles. The van der Waals surface area contributed by atoms with Crippen molar-refractivity contribution in [3.05, 3.63) is 35.9 Å². The zero-order valence-corrected chi connectivity index (χ0v) is 11.6. The second-order valence-electron chi connectivity index (χ2n) is 5.28. The maximum atomic E-state index is 11.9. The maximum Gasteiger partial charge on any atom is 0.234 e. The van der Waals surface area contributed by atoms with Gasteiger partial charge >= 0.3 is 0 Å². The van der Waals surface area contributed by atoms with E-state index >= 15 is 0 Å². The van der Waals surface area contributed by atoms with Gasteiger partial charge < -0.3 is 5.32 Å². The SMILES string of the molecule is O=C(CN1CCCCCC1)NCCc1ccccc1. The van der Waals surface area contributed by atoms with Crippen LogP contribution in [0.15, 0.2) is 30.3 Å². The first-order valence-corrected chi connectivity index (χ1v) is 7.37.